The van der Waals surface area contributed by atoms with Crippen LogP contribution in [0.2, 0.25) is 0 Å². The molecular weight excluding hydrogens is 354 g/mol. The fraction of sp³-hybridized carbons (Fsp3) is 0.333. The van der Waals surface area contributed by atoms with E-state index in [0.29, 0.717) is 6.10 Å². The zero-order chi connectivity index (χ0) is 17.1. The van der Waals surface area contributed by atoms with Gasteiger partial charge in [-0.15, -0.1) is 21.5 Å². The van der Waals surface area contributed by atoms with Gasteiger partial charge < -0.3 is 9.47 Å². The van der Waals surface area contributed by atoms with Crippen LogP contribution in [0.1, 0.15) is 12.8 Å². The maximum atomic E-state index is 5.74. The molecule has 4 rings (SSSR count). The summed E-state index contributed by atoms with van der Waals surface area (Å²) in [5.41, 5.74) is 0.952. The highest BCUT2D eigenvalue weighted by Gasteiger charge is 2.22. The van der Waals surface area contributed by atoms with Crippen LogP contribution in [0.5, 0.6) is 5.75 Å². The largest absolute Gasteiger partial charge is 0.495 e. The van der Waals surface area contributed by atoms with Crippen molar-refractivity contribution in [2.45, 2.75) is 24.1 Å². The molecule has 25 heavy (non-hydrogen) atoms. The van der Waals surface area contributed by atoms with Crippen LogP contribution in [0.3, 0.4) is 0 Å². The third-order valence-electron chi connectivity index (χ3n) is 4.12. The number of benzene rings is 1. The van der Waals surface area contributed by atoms with Gasteiger partial charge in [-0.1, -0.05) is 30.0 Å². The fourth-order valence-corrected chi connectivity index (χ4v) is 4.61. The number of thioether (sulfide) groups is 1. The van der Waals surface area contributed by atoms with Crippen molar-refractivity contribution in [1.29, 1.82) is 0 Å². The molecule has 130 valence electrons. The lowest BCUT2D eigenvalue weighted by atomic mass is 10.3. The number of ether oxygens (including phenoxy) is 2. The average Bonchev–Trinajstić information content (AvgIpc) is 3.40. The predicted octanol–water partition coefficient (Wildman–Crippen LogP) is 4.28. The zero-order valence-corrected chi connectivity index (χ0v) is 15.6. The highest BCUT2D eigenvalue weighted by Crippen LogP contribution is 2.34. The highest BCUT2D eigenvalue weighted by atomic mass is 32.2. The van der Waals surface area contributed by atoms with Crippen molar-refractivity contribution in [3.63, 3.8) is 0 Å². The van der Waals surface area contributed by atoms with E-state index < -0.39 is 0 Å². The Hall–Kier alpha value is -1.83. The number of methoxy groups -OCH3 is 1. The van der Waals surface area contributed by atoms with Crippen molar-refractivity contribution >= 4 is 23.1 Å². The maximum Gasteiger partial charge on any atom is 0.196 e. The summed E-state index contributed by atoms with van der Waals surface area (Å²) in [5, 5.41) is 11.8. The van der Waals surface area contributed by atoms with E-state index in [2.05, 4.69) is 26.2 Å². The quantitative estimate of drug-likeness (QED) is 0.604. The van der Waals surface area contributed by atoms with E-state index >= 15 is 0 Å². The van der Waals surface area contributed by atoms with Gasteiger partial charge in [-0.3, -0.25) is 4.57 Å². The van der Waals surface area contributed by atoms with Crippen LogP contribution >= 0.6 is 23.1 Å². The molecule has 3 aromatic rings. The molecule has 7 heteroatoms. The molecule has 1 aromatic carbocycles. The second kappa shape index (κ2) is 7.59. The van der Waals surface area contributed by atoms with E-state index in [4.69, 9.17) is 9.47 Å². The molecular formula is C18H19N3O2S2. The van der Waals surface area contributed by atoms with Crippen molar-refractivity contribution < 1.29 is 9.47 Å². The topological polar surface area (TPSA) is 49.2 Å². The van der Waals surface area contributed by atoms with E-state index in [1.807, 2.05) is 30.3 Å². The summed E-state index contributed by atoms with van der Waals surface area (Å²) in [6, 6.07) is 12.1. The van der Waals surface area contributed by atoms with Gasteiger partial charge in [0.1, 0.15) is 5.75 Å². The van der Waals surface area contributed by atoms with Crippen LogP contribution in [0, 0.1) is 0 Å². The standard InChI is InChI=1S/C18H19N3O2S2/c1-22-15-8-3-2-7-14(15)21-17(16-9-5-11-24-16)19-20-18(21)25-12-13-6-4-10-23-13/h2-3,5,7-9,11,13H,4,6,10,12H2,1H3. The number of thiophene rings is 1. The molecule has 5 nitrogen and oxygen atoms in total. The van der Waals surface area contributed by atoms with Crippen LogP contribution in [0.4, 0.5) is 0 Å². The van der Waals surface area contributed by atoms with Gasteiger partial charge in [0.2, 0.25) is 0 Å². The molecule has 0 spiro atoms. The van der Waals surface area contributed by atoms with Gasteiger partial charge in [-0.2, -0.15) is 0 Å². The molecule has 0 aliphatic carbocycles. The molecule has 3 heterocycles. The summed E-state index contributed by atoms with van der Waals surface area (Å²) in [4.78, 5) is 1.09. The van der Waals surface area contributed by atoms with E-state index in [-0.39, 0.29) is 0 Å². The van der Waals surface area contributed by atoms with Gasteiger partial charge in [0, 0.05) is 12.4 Å². The average molecular weight is 374 g/mol. The first-order valence-corrected chi connectivity index (χ1v) is 10.1. The number of para-hydroxylation sites is 2. The first-order valence-electron chi connectivity index (χ1n) is 8.24. The summed E-state index contributed by atoms with van der Waals surface area (Å²) in [6.45, 7) is 0.866. The molecule has 1 unspecified atom stereocenters. The number of aromatic nitrogens is 3. The van der Waals surface area contributed by atoms with Crippen LogP contribution in [-0.2, 0) is 4.74 Å². The molecule has 0 amide bonds. The molecule has 0 radical (unpaired) electrons. The predicted molar refractivity (Wildman–Crippen MR) is 101 cm³/mol. The summed E-state index contributed by atoms with van der Waals surface area (Å²) in [7, 11) is 1.69. The minimum absolute atomic E-state index is 0.304. The minimum Gasteiger partial charge on any atom is -0.495 e. The Morgan fingerprint density at radius 3 is 2.96 bits per heavy atom. The lowest BCUT2D eigenvalue weighted by Gasteiger charge is -2.14. The Bertz CT molecular complexity index is 827. The van der Waals surface area contributed by atoms with E-state index in [1.54, 1.807) is 30.2 Å². The van der Waals surface area contributed by atoms with Crippen LogP contribution in [-0.4, -0.2) is 40.3 Å². The number of hydrogen-bond donors (Lipinski definition) is 0. The fourth-order valence-electron chi connectivity index (χ4n) is 2.90. The molecule has 2 aromatic heterocycles. The summed E-state index contributed by atoms with van der Waals surface area (Å²) < 4.78 is 13.4. The Morgan fingerprint density at radius 1 is 1.28 bits per heavy atom. The third kappa shape index (κ3) is 3.44. The van der Waals surface area contributed by atoms with Gasteiger partial charge in [-0.25, -0.2) is 0 Å². The summed E-state index contributed by atoms with van der Waals surface area (Å²) in [6.07, 6.45) is 2.57. The maximum absolute atomic E-state index is 5.74. The molecule has 0 bridgehead atoms. The van der Waals surface area contributed by atoms with E-state index in [9.17, 15) is 0 Å². The summed E-state index contributed by atoms with van der Waals surface area (Å²) in [5.74, 6) is 2.53. The molecule has 1 aliphatic rings. The SMILES string of the molecule is COc1ccccc1-n1c(SCC2CCCO2)nnc1-c1cccs1. The monoisotopic (exact) mass is 373 g/mol. The Labute approximate surface area is 155 Å². The van der Waals surface area contributed by atoms with Crippen LogP contribution in [0.25, 0.3) is 16.4 Å². The van der Waals surface area contributed by atoms with Crippen LogP contribution in [0.15, 0.2) is 46.9 Å². The number of hydrogen-bond acceptors (Lipinski definition) is 6. The van der Waals surface area contributed by atoms with Crippen molar-refractivity contribution in [1.82, 2.24) is 14.8 Å². The van der Waals surface area contributed by atoms with Gasteiger partial charge >= 0.3 is 0 Å². The Kier molecular flexibility index (Phi) is 5.05. The second-order valence-electron chi connectivity index (χ2n) is 5.74. The lowest BCUT2D eigenvalue weighted by Crippen LogP contribution is -2.09. The van der Waals surface area contributed by atoms with Gasteiger partial charge in [-0.05, 0) is 36.4 Å². The minimum atomic E-state index is 0.304. The molecule has 1 atom stereocenters. The molecule has 1 fully saturated rings. The van der Waals surface area contributed by atoms with Crippen molar-refractivity contribution in [2.24, 2.45) is 0 Å². The van der Waals surface area contributed by atoms with Gasteiger partial charge in [0.15, 0.2) is 11.0 Å². The van der Waals surface area contributed by atoms with E-state index in [1.165, 1.54) is 0 Å². The Morgan fingerprint density at radius 2 is 2.20 bits per heavy atom. The second-order valence-corrected chi connectivity index (χ2v) is 7.67. The highest BCUT2D eigenvalue weighted by molar-refractivity contribution is 7.99. The molecule has 0 saturated carbocycles. The first-order chi connectivity index (χ1) is 12.4. The van der Waals surface area contributed by atoms with Gasteiger partial charge in [0.25, 0.3) is 0 Å². The first kappa shape index (κ1) is 16.6. The smallest absolute Gasteiger partial charge is 0.196 e. The Balaban J connectivity index is 1.74. The molecule has 1 saturated heterocycles. The van der Waals surface area contributed by atoms with Crippen molar-refractivity contribution in [3.8, 4) is 22.1 Å². The van der Waals surface area contributed by atoms with E-state index in [0.717, 1.165) is 52.5 Å². The lowest BCUT2D eigenvalue weighted by molar-refractivity contribution is 0.129. The van der Waals surface area contributed by atoms with Crippen LogP contribution < -0.4 is 4.74 Å². The third-order valence-corrected chi connectivity index (χ3v) is 6.05. The zero-order valence-electron chi connectivity index (χ0n) is 13.9. The number of rotatable bonds is 6. The summed E-state index contributed by atoms with van der Waals surface area (Å²) >= 11 is 3.35. The number of nitrogens with zero attached hydrogens (tertiary/aromatic N) is 3. The molecule has 1 aliphatic heterocycles. The van der Waals surface area contributed by atoms with Gasteiger partial charge in [0.05, 0.1) is 23.8 Å². The van der Waals surface area contributed by atoms with Crippen molar-refractivity contribution in [3.05, 3.63) is 41.8 Å². The van der Waals surface area contributed by atoms with Crippen molar-refractivity contribution in [2.75, 3.05) is 19.5 Å². The normalized spacial score (nSPS) is 17.1. The molecule has 0 N–H and O–H groups in total.